The van der Waals surface area contributed by atoms with Gasteiger partial charge in [0.2, 0.25) is 0 Å². The van der Waals surface area contributed by atoms with Crippen LogP contribution in [0.4, 0.5) is 11.5 Å². The van der Waals surface area contributed by atoms with Crippen molar-refractivity contribution in [3.8, 4) is 0 Å². The molecule has 1 aromatic heterocycles. The van der Waals surface area contributed by atoms with Gasteiger partial charge in [-0.3, -0.25) is 4.79 Å². The number of amides is 1. The van der Waals surface area contributed by atoms with Crippen LogP contribution >= 0.6 is 15.9 Å². The fourth-order valence-corrected chi connectivity index (χ4v) is 2.31. The number of nitrogens with zero attached hydrogens (tertiary/aromatic N) is 3. The Hall–Kier alpha value is -1.99. The highest BCUT2D eigenvalue weighted by molar-refractivity contribution is 9.10. The first-order valence-corrected chi connectivity index (χ1v) is 8.11. The van der Waals surface area contributed by atoms with Crippen molar-refractivity contribution in [2.24, 2.45) is 0 Å². The summed E-state index contributed by atoms with van der Waals surface area (Å²) < 4.78 is 0.976. The minimum Gasteiger partial charge on any atom is -0.351 e. The predicted molar refractivity (Wildman–Crippen MR) is 95.0 cm³/mol. The lowest BCUT2D eigenvalue weighted by atomic mass is 10.3. The molecule has 2 aromatic rings. The fraction of sp³-hybridized carbons (Fsp3) is 0.312. The fourth-order valence-electron chi connectivity index (χ4n) is 1.91. The molecule has 0 atom stereocenters. The topological polar surface area (TPSA) is 70.2 Å². The molecule has 1 amide bonds. The lowest BCUT2D eigenvalue weighted by Crippen LogP contribution is -2.27. The van der Waals surface area contributed by atoms with E-state index in [0.717, 1.165) is 23.1 Å². The van der Waals surface area contributed by atoms with Crippen molar-refractivity contribution >= 4 is 33.3 Å². The maximum absolute atomic E-state index is 11.9. The predicted octanol–water partition coefficient (Wildman–Crippen LogP) is 2.66. The third-order valence-electron chi connectivity index (χ3n) is 3.05. The van der Waals surface area contributed by atoms with Gasteiger partial charge in [0.25, 0.3) is 5.91 Å². The monoisotopic (exact) mass is 377 g/mol. The van der Waals surface area contributed by atoms with Gasteiger partial charge in [0, 0.05) is 16.7 Å². The van der Waals surface area contributed by atoms with Crippen LogP contribution in [0.15, 0.2) is 41.1 Å². The summed E-state index contributed by atoms with van der Waals surface area (Å²) in [5, 5.41) is 5.97. The summed E-state index contributed by atoms with van der Waals surface area (Å²) in [5.74, 6) is 0.387. The first-order valence-electron chi connectivity index (χ1n) is 7.32. The lowest BCUT2D eigenvalue weighted by Gasteiger charge is -2.10. The maximum atomic E-state index is 11.9. The van der Waals surface area contributed by atoms with Crippen LogP contribution in [0.25, 0.3) is 0 Å². The summed E-state index contributed by atoms with van der Waals surface area (Å²) in [7, 11) is 4.01. The first kappa shape index (κ1) is 17.4. The van der Waals surface area contributed by atoms with Crippen molar-refractivity contribution in [3.63, 3.8) is 0 Å². The molecule has 23 heavy (non-hydrogen) atoms. The molecule has 2 N–H and O–H groups in total. The van der Waals surface area contributed by atoms with Gasteiger partial charge < -0.3 is 15.5 Å². The van der Waals surface area contributed by atoms with Gasteiger partial charge in [-0.25, -0.2) is 9.97 Å². The Labute approximate surface area is 144 Å². The van der Waals surface area contributed by atoms with Crippen molar-refractivity contribution in [1.82, 2.24) is 20.2 Å². The normalized spacial score (nSPS) is 10.6. The molecule has 1 heterocycles. The smallest absolute Gasteiger partial charge is 0.271 e. The standard InChI is InChI=1S/C16H20BrN5O/c1-22(2)8-4-7-18-16(23)14-10-20-15(11-19-14)21-13-6-3-5-12(17)9-13/h3,5-6,9-11H,4,7-8H2,1-2H3,(H,18,23)(H,20,21). The molecule has 1 aromatic carbocycles. The molecule has 0 aliphatic carbocycles. The minimum atomic E-state index is -0.203. The van der Waals surface area contributed by atoms with Crippen molar-refractivity contribution in [3.05, 3.63) is 46.8 Å². The van der Waals surface area contributed by atoms with Gasteiger partial charge in [0.05, 0.1) is 12.4 Å². The number of rotatable bonds is 7. The van der Waals surface area contributed by atoms with E-state index in [1.807, 2.05) is 38.4 Å². The van der Waals surface area contributed by atoms with Gasteiger partial charge in [0.1, 0.15) is 11.5 Å². The second-order valence-electron chi connectivity index (χ2n) is 5.33. The van der Waals surface area contributed by atoms with Gasteiger partial charge in [-0.05, 0) is 45.3 Å². The van der Waals surface area contributed by atoms with E-state index >= 15 is 0 Å². The largest absolute Gasteiger partial charge is 0.351 e. The van der Waals surface area contributed by atoms with Crippen molar-refractivity contribution in [2.75, 3.05) is 32.5 Å². The molecule has 7 heteroatoms. The molecule has 2 rings (SSSR count). The number of carbonyl (C=O) groups is 1. The number of hydrogen-bond donors (Lipinski definition) is 2. The highest BCUT2D eigenvalue weighted by Gasteiger charge is 2.07. The van der Waals surface area contributed by atoms with Gasteiger partial charge >= 0.3 is 0 Å². The molecular weight excluding hydrogens is 358 g/mol. The zero-order valence-electron chi connectivity index (χ0n) is 13.2. The number of anilines is 2. The summed E-state index contributed by atoms with van der Waals surface area (Å²) in [4.78, 5) is 22.4. The summed E-state index contributed by atoms with van der Waals surface area (Å²) in [6.07, 6.45) is 3.92. The molecular formula is C16H20BrN5O. The van der Waals surface area contributed by atoms with Crippen molar-refractivity contribution in [1.29, 1.82) is 0 Å². The highest BCUT2D eigenvalue weighted by atomic mass is 79.9. The zero-order chi connectivity index (χ0) is 16.7. The van der Waals surface area contributed by atoms with E-state index in [4.69, 9.17) is 0 Å². The molecule has 0 spiro atoms. The van der Waals surface area contributed by atoms with Crippen molar-refractivity contribution < 1.29 is 4.79 Å². The first-order chi connectivity index (χ1) is 11.0. The molecule has 0 aliphatic heterocycles. The molecule has 0 saturated heterocycles. The molecule has 0 unspecified atom stereocenters. The molecule has 0 bridgehead atoms. The van der Waals surface area contributed by atoms with E-state index < -0.39 is 0 Å². The average Bonchev–Trinajstić information content (AvgIpc) is 2.52. The molecule has 0 aliphatic rings. The lowest BCUT2D eigenvalue weighted by molar-refractivity contribution is 0.0947. The Kier molecular flexibility index (Phi) is 6.49. The van der Waals surface area contributed by atoms with Crippen LogP contribution in [0.1, 0.15) is 16.9 Å². The van der Waals surface area contributed by atoms with Crippen LogP contribution in [-0.4, -0.2) is 48.0 Å². The summed E-state index contributed by atoms with van der Waals surface area (Å²) in [5.41, 5.74) is 1.21. The number of nitrogens with one attached hydrogen (secondary N) is 2. The van der Waals surface area contributed by atoms with Gasteiger partial charge in [-0.1, -0.05) is 22.0 Å². The van der Waals surface area contributed by atoms with E-state index in [1.54, 1.807) is 6.20 Å². The quantitative estimate of drug-likeness (QED) is 0.725. The summed E-state index contributed by atoms with van der Waals surface area (Å²) >= 11 is 3.41. The third-order valence-corrected chi connectivity index (χ3v) is 3.54. The Morgan fingerprint density at radius 3 is 2.74 bits per heavy atom. The third kappa shape index (κ3) is 5.96. The van der Waals surface area contributed by atoms with Crippen LogP contribution < -0.4 is 10.6 Å². The van der Waals surface area contributed by atoms with Crippen LogP contribution in [0.3, 0.4) is 0 Å². The minimum absolute atomic E-state index is 0.203. The van der Waals surface area contributed by atoms with Gasteiger partial charge in [0.15, 0.2) is 0 Å². The Morgan fingerprint density at radius 1 is 1.26 bits per heavy atom. The Bertz CT molecular complexity index is 645. The number of halogens is 1. The molecule has 0 saturated carbocycles. The van der Waals surface area contributed by atoms with Gasteiger partial charge in [-0.15, -0.1) is 0 Å². The highest BCUT2D eigenvalue weighted by Crippen LogP contribution is 2.18. The molecule has 6 nitrogen and oxygen atoms in total. The van der Waals surface area contributed by atoms with E-state index in [-0.39, 0.29) is 5.91 Å². The SMILES string of the molecule is CN(C)CCCNC(=O)c1cnc(Nc2cccc(Br)c2)cn1. The summed E-state index contributed by atoms with van der Waals surface area (Å²) in [6, 6.07) is 7.74. The number of carbonyl (C=O) groups excluding carboxylic acids is 1. The van der Waals surface area contributed by atoms with Crippen LogP contribution in [0.5, 0.6) is 0 Å². The zero-order valence-corrected chi connectivity index (χ0v) is 14.8. The number of benzene rings is 1. The molecule has 122 valence electrons. The van der Waals surface area contributed by atoms with Crippen molar-refractivity contribution in [2.45, 2.75) is 6.42 Å². The molecule has 0 fully saturated rings. The Balaban J connectivity index is 1.87. The molecule has 0 radical (unpaired) electrons. The number of aromatic nitrogens is 2. The number of hydrogen-bond acceptors (Lipinski definition) is 5. The summed E-state index contributed by atoms with van der Waals surface area (Å²) in [6.45, 7) is 1.55. The second-order valence-corrected chi connectivity index (χ2v) is 6.25. The van der Waals surface area contributed by atoms with Crippen LogP contribution in [0.2, 0.25) is 0 Å². The van der Waals surface area contributed by atoms with Gasteiger partial charge in [-0.2, -0.15) is 0 Å². The van der Waals surface area contributed by atoms with E-state index in [9.17, 15) is 4.79 Å². The van der Waals surface area contributed by atoms with E-state index in [1.165, 1.54) is 6.20 Å². The second kappa shape index (κ2) is 8.59. The maximum Gasteiger partial charge on any atom is 0.271 e. The average molecular weight is 378 g/mol. The van der Waals surface area contributed by atoms with Crippen LogP contribution in [-0.2, 0) is 0 Å². The van der Waals surface area contributed by atoms with E-state index in [0.29, 0.717) is 18.1 Å². The van der Waals surface area contributed by atoms with E-state index in [2.05, 4.69) is 41.4 Å². The van der Waals surface area contributed by atoms with Crippen LogP contribution in [0, 0.1) is 0 Å². The Morgan fingerprint density at radius 2 is 2.09 bits per heavy atom.